The summed E-state index contributed by atoms with van der Waals surface area (Å²) in [6.45, 7) is 0.754. The largest absolute Gasteiger partial charge is 0.330 e. The molecule has 0 unspecified atom stereocenters. The van der Waals surface area contributed by atoms with Crippen LogP contribution >= 0.6 is 23.2 Å². The van der Waals surface area contributed by atoms with Gasteiger partial charge in [-0.3, -0.25) is 0 Å². The highest BCUT2D eigenvalue weighted by Crippen LogP contribution is 2.49. The Morgan fingerprint density at radius 3 is 2.69 bits per heavy atom. The SMILES string of the molecule is NC[C@@H]1C[C@H]1c1ccc(Cl)cc1Cl. The Balaban J connectivity index is 2.22. The van der Waals surface area contributed by atoms with Crippen LogP contribution in [0.4, 0.5) is 0 Å². The highest BCUT2D eigenvalue weighted by Gasteiger charge is 2.37. The third-order valence-corrected chi connectivity index (χ3v) is 3.15. The number of nitrogens with two attached hydrogens (primary N) is 1. The van der Waals surface area contributed by atoms with Crippen molar-refractivity contribution < 1.29 is 0 Å². The van der Waals surface area contributed by atoms with Crippen LogP contribution in [0.15, 0.2) is 18.2 Å². The van der Waals surface area contributed by atoms with Gasteiger partial charge in [-0.05, 0) is 42.5 Å². The second-order valence-corrected chi connectivity index (χ2v) is 4.35. The highest BCUT2D eigenvalue weighted by atomic mass is 35.5. The van der Waals surface area contributed by atoms with E-state index in [2.05, 4.69) is 0 Å². The van der Waals surface area contributed by atoms with Crippen LogP contribution in [0, 0.1) is 5.92 Å². The van der Waals surface area contributed by atoms with Gasteiger partial charge in [-0.25, -0.2) is 0 Å². The number of hydrogen-bond donors (Lipinski definition) is 1. The maximum Gasteiger partial charge on any atom is 0.0455 e. The van der Waals surface area contributed by atoms with Crippen LogP contribution in [0.3, 0.4) is 0 Å². The summed E-state index contributed by atoms with van der Waals surface area (Å²) in [6, 6.07) is 5.68. The molecule has 2 N–H and O–H groups in total. The lowest BCUT2D eigenvalue weighted by molar-refractivity contribution is 0.810. The third kappa shape index (κ3) is 1.83. The summed E-state index contributed by atoms with van der Waals surface area (Å²) < 4.78 is 0. The molecule has 0 spiro atoms. The molecule has 70 valence electrons. The molecule has 0 aliphatic heterocycles. The van der Waals surface area contributed by atoms with Gasteiger partial charge in [0.2, 0.25) is 0 Å². The Morgan fingerprint density at radius 1 is 1.38 bits per heavy atom. The molecular weight excluding hydrogens is 205 g/mol. The van der Waals surface area contributed by atoms with Crippen LogP contribution in [-0.2, 0) is 0 Å². The Kier molecular flexibility index (Phi) is 2.50. The summed E-state index contributed by atoms with van der Waals surface area (Å²) in [5.74, 6) is 1.19. The van der Waals surface area contributed by atoms with Crippen molar-refractivity contribution in [2.24, 2.45) is 11.7 Å². The number of hydrogen-bond acceptors (Lipinski definition) is 1. The molecule has 0 saturated heterocycles. The summed E-state index contributed by atoms with van der Waals surface area (Å²) >= 11 is 11.9. The van der Waals surface area contributed by atoms with Crippen LogP contribution < -0.4 is 5.73 Å². The van der Waals surface area contributed by atoms with Crippen LogP contribution in [-0.4, -0.2) is 6.54 Å². The first-order valence-corrected chi connectivity index (χ1v) is 5.13. The molecule has 0 radical (unpaired) electrons. The third-order valence-electron chi connectivity index (χ3n) is 2.59. The number of rotatable bonds is 2. The van der Waals surface area contributed by atoms with Crippen molar-refractivity contribution >= 4 is 23.2 Å². The van der Waals surface area contributed by atoms with Gasteiger partial charge in [0, 0.05) is 10.0 Å². The highest BCUT2D eigenvalue weighted by molar-refractivity contribution is 6.35. The molecule has 13 heavy (non-hydrogen) atoms. The minimum atomic E-state index is 0.565. The Labute approximate surface area is 87.8 Å². The maximum absolute atomic E-state index is 6.06. The molecule has 3 heteroatoms. The lowest BCUT2D eigenvalue weighted by atomic mass is 10.1. The lowest BCUT2D eigenvalue weighted by Crippen LogP contribution is -2.02. The topological polar surface area (TPSA) is 26.0 Å². The normalized spacial score (nSPS) is 26.1. The molecule has 1 aromatic rings. The average Bonchev–Trinajstić information content (AvgIpc) is 2.83. The van der Waals surface area contributed by atoms with Crippen molar-refractivity contribution in [1.29, 1.82) is 0 Å². The average molecular weight is 216 g/mol. The van der Waals surface area contributed by atoms with Gasteiger partial charge in [0.25, 0.3) is 0 Å². The van der Waals surface area contributed by atoms with Gasteiger partial charge in [0.1, 0.15) is 0 Å². The van der Waals surface area contributed by atoms with Crippen LogP contribution in [0.25, 0.3) is 0 Å². The fourth-order valence-corrected chi connectivity index (χ4v) is 2.24. The predicted octanol–water partition coefficient (Wildman–Crippen LogP) is 3.06. The molecule has 0 amide bonds. The summed E-state index contributed by atoms with van der Waals surface area (Å²) in [7, 11) is 0. The maximum atomic E-state index is 6.06. The molecule has 2 rings (SSSR count). The second kappa shape index (κ2) is 3.49. The zero-order valence-electron chi connectivity index (χ0n) is 7.13. The first-order valence-electron chi connectivity index (χ1n) is 4.37. The van der Waals surface area contributed by atoms with E-state index in [9.17, 15) is 0 Å². The van der Waals surface area contributed by atoms with Gasteiger partial charge < -0.3 is 5.73 Å². The van der Waals surface area contributed by atoms with Crippen LogP contribution in [0.5, 0.6) is 0 Å². The molecule has 2 atom stereocenters. The minimum absolute atomic E-state index is 0.565. The van der Waals surface area contributed by atoms with E-state index < -0.39 is 0 Å². The van der Waals surface area contributed by atoms with Crippen molar-refractivity contribution in [3.63, 3.8) is 0 Å². The van der Waals surface area contributed by atoms with Crippen molar-refractivity contribution in [2.75, 3.05) is 6.54 Å². The zero-order chi connectivity index (χ0) is 9.42. The number of halogens is 2. The lowest BCUT2D eigenvalue weighted by Gasteiger charge is -2.02. The van der Waals surface area contributed by atoms with Crippen molar-refractivity contribution in [1.82, 2.24) is 0 Å². The fraction of sp³-hybridized carbons (Fsp3) is 0.400. The molecule has 0 heterocycles. The zero-order valence-corrected chi connectivity index (χ0v) is 8.65. The molecular formula is C10H11Cl2N. The van der Waals surface area contributed by atoms with E-state index in [4.69, 9.17) is 28.9 Å². The monoisotopic (exact) mass is 215 g/mol. The van der Waals surface area contributed by atoms with Crippen molar-refractivity contribution in [3.8, 4) is 0 Å². The number of benzene rings is 1. The molecule has 1 saturated carbocycles. The van der Waals surface area contributed by atoms with E-state index in [0.29, 0.717) is 16.9 Å². The minimum Gasteiger partial charge on any atom is -0.330 e. The molecule has 1 fully saturated rings. The van der Waals surface area contributed by atoms with E-state index in [0.717, 1.165) is 18.0 Å². The Bertz CT molecular complexity index is 325. The molecule has 1 aliphatic rings. The summed E-state index contributed by atoms with van der Waals surface area (Å²) in [6.07, 6.45) is 1.16. The molecule has 1 aliphatic carbocycles. The summed E-state index contributed by atoms with van der Waals surface area (Å²) in [5, 5.41) is 1.46. The van der Waals surface area contributed by atoms with Gasteiger partial charge in [-0.2, -0.15) is 0 Å². The van der Waals surface area contributed by atoms with E-state index in [1.54, 1.807) is 6.07 Å². The Hall–Kier alpha value is -0.240. The first kappa shape index (κ1) is 9.32. The van der Waals surface area contributed by atoms with Crippen molar-refractivity contribution in [3.05, 3.63) is 33.8 Å². The van der Waals surface area contributed by atoms with Crippen LogP contribution in [0.1, 0.15) is 17.9 Å². The second-order valence-electron chi connectivity index (χ2n) is 3.50. The molecule has 1 aromatic carbocycles. The standard InChI is InChI=1S/C10H11Cl2N/c11-7-1-2-8(10(12)4-7)9-3-6(9)5-13/h1-2,4,6,9H,3,5,13H2/t6-,9+/m0/s1. The summed E-state index contributed by atoms with van der Waals surface area (Å²) in [4.78, 5) is 0. The molecule has 0 aromatic heterocycles. The van der Waals surface area contributed by atoms with Crippen LogP contribution in [0.2, 0.25) is 10.0 Å². The molecule has 1 nitrogen and oxygen atoms in total. The summed E-state index contributed by atoms with van der Waals surface area (Å²) in [5.41, 5.74) is 6.77. The van der Waals surface area contributed by atoms with E-state index >= 15 is 0 Å². The fourth-order valence-electron chi connectivity index (χ4n) is 1.69. The quantitative estimate of drug-likeness (QED) is 0.807. The van der Waals surface area contributed by atoms with Crippen molar-refractivity contribution in [2.45, 2.75) is 12.3 Å². The van der Waals surface area contributed by atoms with Gasteiger partial charge in [0.05, 0.1) is 0 Å². The van der Waals surface area contributed by atoms with Gasteiger partial charge >= 0.3 is 0 Å². The van der Waals surface area contributed by atoms with Gasteiger partial charge in [-0.1, -0.05) is 29.3 Å². The Morgan fingerprint density at radius 2 is 2.15 bits per heavy atom. The van der Waals surface area contributed by atoms with Gasteiger partial charge in [-0.15, -0.1) is 0 Å². The molecule has 0 bridgehead atoms. The van der Waals surface area contributed by atoms with E-state index in [-0.39, 0.29) is 0 Å². The smallest absolute Gasteiger partial charge is 0.0455 e. The van der Waals surface area contributed by atoms with Gasteiger partial charge in [0.15, 0.2) is 0 Å². The first-order chi connectivity index (χ1) is 6.22. The predicted molar refractivity (Wildman–Crippen MR) is 56.4 cm³/mol. The van der Waals surface area contributed by atoms with E-state index in [1.165, 1.54) is 5.56 Å². The van der Waals surface area contributed by atoms with E-state index in [1.807, 2.05) is 12.1 Å².